The molecule has 132 valence electrons. The summed E-state index contributed by atoms with van der Waals surface area (Å²) in [6.45, 7) is 6.62. The molecular weight excluding hydrogens is 403 g/mol. The molecule has 1 heterocycles. The number of aryl methyl sites for hydroxylation is 1. The average molecular weight is 434 g/mol. The fraction of sp³-hybridized carbons (Fsp3) is 0.812. The second-order valence-corrected chi connectivity index (χ2v) is 6.66. The van der Waals surface area contributed by atoms with Crippen molar-refractivity contribution < 1.29 is 0 Å². The van der Waals surface area contributed by atoms with Crippen molar-refractivity contribution in [2.75, 3.05) is 13.6 Å². The van der Waals surface area contributed by atoms with Crippen LogP contribution in [0.3, 0.4) is 0 Å². The number of nitrogens with one attached hydrogen (secondary N) is 2. The van der Waals surface area contributed by atoms with Crippen LogP contribution in [0.5, 0.6) is 0 Å². The van der Waals surface area contributed by atoms with E-state index in [0.717, 1.165) is 43.7 Å². The van der Waals surface area contributed by atoms with Gasteiger partial charge in [0.1, 0.15) is 12.7 Å². The van der Waals surface area contributed by atoms with E-state index < -0.39 is 0 Å². The lowest BCUT2D eigenvalue weighted by Crippen LogP contribution is -2.46. The molecule has 0 spiro atoms. The predicted molar refractivity (Wildman–Crippen MR) is 105 cm³/mol. The molecule has 0 aromatic carbocycles. The number of hydrogen-bond donors (Lipinski definition) is 2. The van der Waals surface area contributed by atoms with Crippen LogP contribution < -0.4 is 10.6 Å². The van der Waals surface area contributed by atoms with E-state index in [-0.39, 0.29) is 24.0 Å². The highest BCUT2D eigenvalue weighted by Crippen LogP contribution is 2.28. The normalized spacial score (nSPS) is 24.8. The molecule has 0 saturated heterocycles. The first-order valence-electron chi connectivity index (χ1n) is 8.47. The van der Waals surface area contributed by atoms with Crippen LogP contribution in [0.2, 0.25) is 0 Å². The third-order valence-electron chi connectivity index (χ3n) is 4.35. The summed E-state index contributed by atoms with van der Waals surface area (Å²) in [5.41, 5.74) is 0. The van der Waals surface area contributed by atoms with Crippen molar-refractivity contribution in [2.24, 2.45) is 16.8 Å². The topological polar surface area (TPSA) is 67.1 Å². The van der Waals surface area contributed by atoms with Crippen LogP contribution in [-0.4, -0.2) is 40.4 Å². The minimum absolute atomic E-state index is 0. The van der Waals surface area contributed by atoms with Gasteiger partial charge in [0, 0.05) is 26.2 Å². The van der Waals surface area contributed by atoms with Gasteiger partial charge in [0.2, 0.25) is 0 Å². The fourth-order valence-electron chi connectivity index (χ4n) is 3.42. The smallest absolute Gasteiger partial charge is 0.191 e. The number of hydrogen-bond acceptors (Lipinski definition) is 3. The largest absolute Gasteiger partial charge is 0.356 e. The lowest BCUT2D eigenvalue weighted by atomic mass is 9.80. The molecule has 1 fully saturated rings. The van der Waals surface area contributed by atoms with Gasteiger partial charge in [-0.15, -0.1) is 34.2 Å². The molecule has 1 aromatic rings. The Hall–Kier alpha value is -0.860. The second kappa shape index (κ2) is 10.8. The van der Waals surface area contributed by atoms with E-state index in [1.807, 2.05) is 11.6 Å². The lowest BCUT2D eigenvalue weighted by Gasteiger charge is -2.32. The SMILES string of the molecule is CN=C(NCCCCn1cnnc1)NC1CC(C)CC(C)C1.I. The van der Waals surface area contributed by atoms with Crippen LogP contribution in [0.1, 0.15) is 46.0 Å². The van der Waals surface area contributed by atoms with Crippen molar-refractivity contribution >= 4 is 29.9 Å². The Balaban J connectivity index is 0.00000264. The Kier molecular flexibility index (Phi) is 9.50. The quantitative estimate of drug-likeness (QED) is 0.313. The van der Waals surface area contributed by atoms with Gasteiger partial charge in [-0.25, -0.2) is 0 Å². The van der Waals surface area contributed by atoms with Crippen LogP contribution in [0.25, 0.3) is 0 Å². The molecule has 6 nitrogen and oxygen atoms in total. The monoisotopic (exact) mass is 434 g/mol. The third-order valence-corrected chi connectivity index (χ3v) is 4.35. The number of nitrogens with zero attached hydrogens (tertiary/aromatic N) is 4. The Morgan fingerprint density at radius 3 is 2.39 bits per heavy atom. The zero-order valence-electron chi connectivity index (χ0n) is 14.5. The zero-order valence-corrected chi connectivity index (χ0v) is 16.9. The summed E-state index contributed by atoms with van der Waals surface area (Å²) in [4.78, 5) is 4.35. The molecule has 1 saturated carbocycles. The maximum absolute atomic E-state index is 4.35. The molecule has 1 aliphatic carbocycles. The first-order chi connectivity index (χ1) is 10.7. The summed E-state index contributed by atoms with van der Waals surface area (Å²) >= 11 is 0. The van der Waals surface area contributed by atoms with Crippen LogP contribution in [0.15, 0.2) is 17.6 Å². The fourth-order valence-corrected chi connectivity index (χ4v) is 3.42. The second-order valence-electron chi connectivity index (χ2n) is 6.66. The van der Waals surface area contributed by atoms with Crippen molar-refractivity contribution in [3.05, 3.63) is 12.7 Å². The van der Waals surface area contributed by atoms with E-state index >= 15 is 0 Å². The minimum atomic E-state index is 0. The van der Waals surface area contributed by atoms with Crippen LogP contribution >= 0.6 is 24.0 Å². The van der Waals surface area contributed by atoms with Crippen molar-refractivity contribution in [1.29, 1.82) is 0 Å². The van der Waals surface area contributed by atoms with Gasteiger partial charge >= 0.3 is 0 Å². The number of unbranched alkanes of at least 4 members (excludes halogenated alkanes) is 1. The molecule has 2 unspecified atom stereocenters. The zero-order chi connectivity index (χ0) is 15.8. The lowest BCUT2D eigenvalue weighted by molar-refractivity contribution is 0.255. The maximum Gasteiger partial charge on any atom is 0.191 e. The highest BCUT2D eigenvalue weighted by Gasteiger charge is 2.24. The Morgan fingerprint density at radius 1 is 1.13 bits per heavy atom. The Labute approximate surface area is 157 Å². The Morgan fingerprint density at radius 2 is 1.78 bits per heavy atom. The number of aromatic nitrogens is 3. The van der Waals surface area contributed by atoms with Crippen LogP contribution in [0, 0.1) is 11.8 Å². The molecule has 0 radical (unpaired) electrons. The van der Waals surface area contributed by atoms with Gasteiger partial charge in [-0.05, 0) is 43.9 Å². The molecule has 2 N–H and O–H groups in total. The summed E-state index contributed by atoms with van der Waals surface area (Å²) in [5, 5.41) is 14.6. The van der Waals surface area contributed by atoms with E-state index in [0.29, 0.717) is 6.04 Å². The third kappa shape index (κ3) is 7.50. The molecule has 2 rings (SSSR count). The number of halogens is 1. The molecule has 7 heteroatoms. The van der Waals surface area contributed by atoms with Gasteiger partial charge in [-0.2, -0.15) is 0 Å². The number of aliphatic imine (C=N–C) groups is 1. The molecule has 0 amide bonds. The van der Waals surface area contributed by atoms with Gasteiger partial charge in [0.15, 0.2) is 5.96 Å². The molecule has 0 bridgehead atoms. The average Bonchev–Trinajstić information content (AvgIpc) is 2.98. The van der Waals surface area contributed by atoms with Gasteiger partial charge < -0.3 is 15.2 Å². The highest BCUT2D eigenvalue weighted by molar-refractivity contribution is 14.0. The molecule has 23 heavy (non-hydrogen) atoms. The first-order valence-corrected chi connectivity index (χ1v) is 8.47. The highest BCUT2D eigenvalue weighted by atomic mass is 127. The van der Waals surface area contributed by atoms with E-state index in [9.17, 15) is 0 Å². The van der Waals surface area contributed by atoms with E-state index in [2.05, 4.69) is 39.7 Å². The molecule has 2 atom stereocenters. The summed E-state index contributed by atoms with van der Waals surface area (Å²) in [5.74, 6) is 2.56. The van der Waals surface area contributed by atoms with Crippen molar-refractivity contribution in [3.8, 4) is 0 Å². The minimum Gasteiger partial charge on any atom is -0.356 e. The van der Waals surface area contributed by atoms with E-state index in [1.54, 1.807) is 12.7 Å². The predicted octanol–water partition coefficient (Wildman–Crippen LogP) is 2.67. The standard InChI is InChI=1S/C16H30N6.HI/c1-13-8-14(2)10-15(9-13)21-16(17-3)18-6-4-5-7-22-11-19-20-12-22;/h11-15H,4-10H2,1-3H3,(H2,17,18,21);1H. The number of guanidine groups is 1. The summed E-state index contributed by atoms with van der Waals surface area (Å²) < 4.78 is 2.01. The van der Waals surface area contributed by atoms with Crippen molar-refractivity contribution in [2.45, 2.75) is 58.5 Å². The van der Waals surface area contributed by atoms with Crippen LogP contribution in [0.4, 0.5) is 0 Å². The maximum atomic E-state index is 4.35. The molecule has 1 aliphatic rings. The molecule has 1 aromatic heterocycles. The summed E-state index contributed by atoms with van der Waals surface area (Å²) in [6, 6.07) is 0.557. The molecule has 0 aliphatic heterocycles. The van der Waals surface area contributed by atoms with Gasteiger partial charge in [0.25, 0.3) is 0 Å². The Bertz CT molecular complexity index is 437. The van der Waals surface area contributed by atoms with Gasteiger partial charge in [0.05, 0.1) is 0 Å². The summed E-state index contributed by atoms with van der Waals surface area (Å²) in [7, 11) is 1.85. The number of rotatable bonds is 6. The van der Waals surface area contributed by atoms with E-state index in [4.69, 9.17) is 0 Å². The molecular formula is C16H31IN6. The van der Waals surface area contributed by atoms with Crippen molar-refractivity contribution in [3.63, 3.8) is 0 Å². The van der Waals surface area contributed by atoms with Gasteiger partial charge in [-0.1, -0.05) is 13.8 Å². The van der Waals surface area contributed by atoms with Crippen molar-refractivity contribution in [1.82, 2.24) is 25.4 Å². The summed E-state index contributed by atoms with van der Waals surface area (Å²) in [6.07, 6.45) is 9.60. The van der Waals surface area contributed by atoms with Crippen LogP contribution in [-0.2, 0) is 6.54 Å². The first kappa shape index (κ1) is 20.2. The van der Waals surface area contributed by atoms with Gasteiger partial charge in [-0.3, -0.25) is 4.99 Å². The van der Waals surface area contributed by atoms with E-state index in [1.165, 1.54) is 19.3 Å².